The number of nitrogens with zero attached hydrogens (tertiary/aromatic N) is 1. The van der Waals surface area contributed by atoms with Gasteiger partial charge in [0.2, 0.25) is 0 Å². The highest BCUT2D eigenvalue weighted by Gasteiger charge is 2.17. The zero-order chi connectivity index (χ0) is 13.7. The third-order valence-electron chi connectivity index (χ3n) is 3.17. The van der Waals surface area contributed by atoms with E-state index in [9.17, 15) is 4.79 Å². The first-order valence-electron chi connectivity index (χ1n) is 6.40. The summed E-state index contributed by atoms with van der Waals surface area (Å²) < 4.78 is 10.3. The molecule has 1 aliphatic heterocycles. The van der Waals surface area contributed by atoms with Crippen LogP contribution in [0.15, 0.2) is 12.3 Å². The number of hydrogen-bond acceptors (Lipinski definition) is 6. The summed E-state index contributed by atoms with van der Waals surface area (Å²) in [6.45, 7) is 1.44. The molecule has 3 N–H and O–H groups in total. The maximum absolute atomic E-state index is 11.5. The van der Waals surface area contributed by atoms with Gasteiger partial charge in [-0.3, -0.25) is 0 Å². The standard InChI is InChI=1S/C13H19N3O3/c1-18-13(17)10-5-6-15-12(11(10)14)16-8-9-4-2-3-7-19-9/h5-6,9H,2-4,7-8,14H2,1H3,(H,15,16). The summed E-state index contributed by atoms with van der Waals surface area (Å²) >= 11 is 0. The van der Waals surface area contributed by atoms with Crippen molar-refractivity contribution in [2.24, 2.45) is 0 Å². The topological polar surface area (TPSA) is 86.5 Å². The number of nitrogens with one attached hydrogen (secondary N) is 1. The number of pyridine rings is 1. The van der Waals surface area contributed by atoms with Crippen LogP contribution in [0.1, 0.15) is 29.6 Å². The van der Waals surface area contributed by atoms with Gasteiger partial charge in [-0.05, 0) is 25.3 Å². The van der Waals surface area contributed by atoms with Crippen LogP contribution in [-0.2, 0) is 9.47 Å². The predicted octanol–water partition coefficient (Wildman–Crippen LogP) is 1.43. The molecule has 2 rings (SSSR count). The van der Waals surface area contributed by atoms with Crippen LogP contribution in [0, 0.1) is 0 Å². The number of rotatable bonds is 4. The Balaban J connectivity index is 2.01. The fraction of sp³-hybridized carbons (Fsp3) is 0.538. The summed E-state index contributed by atoms with van der Waals surface area (Å²) in [5, 5.41) is 3.13. The van der Waals surface area contributed by atoms with Gasteiger partial charge in [0.05, 0.1) is 24.5 Å². The number of carbonyl (C=O) groups is 1. The lowest BCUT2D eigenvalue weighted by atomic mass is 10.1. The number of hydrogen-bond donors (Lipinski definition) is 2. The molecule has 0 saturated carbocycles. The molecule has 0 aromatic carbocycles. The van der Waals surface area contributed by atoms with Crippen LogP contribution in [-0.4, -0.2) is 37.3 Å². The van der Waals surface area contributed by atoms with Crippen molar-refractivity contribution >= 4 is 17.5 Å². The Labute approximate surface area is 112 Å². The zero-order valence-electron chi connectivity index (χ0n) is 11.0. The molecule has 0 spiro atoms. The number of esters is 1. The lowest BCUT2D eigenvalue weighted by Crippen LogP contribution is -2.27. The number of ether oxygens (including phenoxy) is 2. The molecule has 0 radical (unpaired) electrons. The lowest BCUT2D eigenvalue weighted by Gasteiger charge is -2.23. The maximum Gasteiger partial charge on any atom is 0.340 e. The number of carbonyl (C=O) groups excluding carboxylic acids is 1. The van der Waals surface area contributed by atoms with Gasteiger partial charge in [0.25, 0.3) is 0 Å². The molecule has 0 bridgehead atoms. The Bertz CT molecular complexity index is 445. The average Bonchev–Trinajstić information content (AvgIpc) is 2.46. The van der Waals surface area contributed by atoms with Crippen LogP contribution in [0.25, 0.3) is 0 Å². The molecule has 1 atom stereocenters. The molecule has 2 heterocycles. The van der Waals surface area contributed by atoms with Crippen molar-refractivity contribution in [1.29, 1.82) is 0 Å². The lowest BCUT2D eigenvalue weighted by molar-refractivity contribution is 0.0247. The van der Waals surface area contributed by atoms with Crippen molar-refractivity contribution in [1.82, 2.24) is 4.98 Å². The molecular weight excluding hydrogens is 246 g/mol. The molecule has 1 saturated heterocycles. The highest BCUT2D eigenvalue weighted by molar-refractivity contribution is 5.97. The maximum atomic E-state index is 11.5. The summed E-state index contributed by atoms with van der Waals surface area (Å²) in [4.78, 5) is 15.7. The van der Waals surface area contributed by atoms with E-state index in [1.807, 2.05) is 0 Å². The van der Waals surface area contributed by atoms with Crippen LogP contribution in [0.2, 0.25) is 0 Å². The van der Waals surface area contributed by atoms with E-state index >= 15 is 0 Å². The van der Waals surface area contributed by atoms with Crippen LogP contribution in [0.5, 0.6) is 0 Å². The zero-order valence-corrected chi connectivity index (χ0v) is 11.0. The van der Waals surface area contributed by atoms with Gasteiger partial charge in [0.1, 0.15) is 5.82 Å². The normalized spacial score (nSPS) is 18.9. The first-order chi connectivity index (χ1) is 9.22. The molecule has 1 aromatic heterocycles. The van der Waals surface area contributed by atoms with E-state index in [-0.39, 0.29) is 6.10 Å². The SMILES string of the molecule is COC(=O)c1ccnc(NCC2CCCCO2)c1N. The average molecular weight is 265 g/mol. The van der Waals surface area contributed by atoms with E-state index < -0.39 is 5.97 Å². The summed E-state index contributed by atoms with van der Waals surface area (Å²) in [7, 11) is 1.32. The smallest absolute Gasteiger partial charge is 0.340 e. The number of aromatic nitrogens is 1. The first kappa shape index (κ1) is 13.6. The van der Waals surface area contributed by atoms with E-state index in [0.717, 1.165) is 19.4 Å². The molecular formula is C13H19N3O3. The van der Waals surface area contributed by atoms with Gasteiger partial charge in [-0.2, -0.15) is 0 Å². The highest BCUT2D eigenvalue weighted by Crippen LogP contribution is 2.21. The molecule has 1 aliphatic rings. The minimum atomic E-state index is -0.461. The summed E-state index contributed by atoms with van der Waals surface area (Å²) in [5.41, 5.74) is 6.54. The Morgan fingerprint density at radius 3 is 3.16 bits per heavy atom. The van der Waals surface area contributed by atoms with Crippen molar-refractivity contribution in [3.8, 4) is 0 Å². The molecule has 6 nitrogen and oxygen atoms in total. The van der Waals surface area contributed by atoms with Crippen LogP contribution >= 0.6 is 0 Å². The van der Waals surface area contributed by atoms with Crippen molar-refractivity contribution in [3.63, 3.8) is 0 Å². The van der Waals surface area contributed by atoms with Gasteiger partial charge in [-0.1, -0.05) is 0 Å². The van der Waals surface area contributed by atoms with Crippen molar-refractivity contribution in [2.45, 2.75) is 25.4 Å². The number of nitrogen functional groups attached to an aromatic ring is 1. The minimum absolute atomic E-state index is 0.178. The number of methoxy groups -OCH3 is 1. The third-order valence-corrected chi connectivity index (χ3v) is 3.17. The molecule has 6 heteroatoms. The second-order valence-corrected chi connectivity index (χ2v) is 4.48. The molecule has 0 aliphatic carbocycles. The quantitative estimate of drug-likeness (QED) is 0.801. The molecule has 19 heavy (non-hydrogen) atoms. The third kappa shape index (κ3) is 3.35. The monoisotopic (exact) mass is 265 g/mol. The molecule has 104 valence electrons. The van der Waals surface area contributed by atoms with Gasteiger partial charge >= 0.3 is 5.97 Å². The number of anilines is 2. The summed E-state index contributed by atoms with van der Waals surface area (Å²) in [5.74, 6) is 0.0361. The van der Waals surface area contributed by atoms with Gasteiger partial charge in [-0.25, -0.2) is 9.78 Å². The van der Waals surface area contributed by atoms with Crippen molar-refractivity contribution in [2.75, 3.05) is 31.3 Å². The molecule has 1 fully saturated rings. The Hall–Kier alpha value is -1.82. The molecule has 1 aromatic rings. The van der Waals surface area contributed by atoms with E-state index in [0.29, 0.717) is 23.6 Å². The summed E-state index contributed by atoms with van der Waals surface area (Å²) in [6.07, 6.45) is 5.04. The number of nitrogens with two attached hydrogens (primary N) is 1. The van der Waals surface area contributed by atoms with Gasteiger partial charge in [0, 0.05) is 19.3 Å². The summed E-state index contributed by atoms with van der Waals surface area (Å²) in [6, 6.07) is 1.55. The van der Waals surface area contributed by atoms with E-state index in [1.54, 1.807) is 6.07 Å². The van der Waals surface area contributed by atoms with Crippen LogP contribution in [0.3, 0.4) is 0 Å². The van der Waals surface area contributed by atoms with Gasteiger partial charge in [0.15, 0.2) is 0 Å². The Kier molecular flexibility index (Phi) is 4.57. The second kappa shape index (κ2) is 6.38. The minimum Gasteiger partial charge on any atom is -0.465 e. The van der Waals surface area contributed by atoms with E-state index in [4.69, 9.17) is 10.5 Å². The van der Waals surface area contributed by atoms with E-state index in [2.05, 4.69) is 15.0 Å². The van der Waals surface area contributed by atoms with Gasteiger partial charge < -0.3 is 20.5 Å². The molecule has 0 amide bonds. The Morgan fingerprint density at radius 2 is 2.47 bits per heavy atom. The van der Waals surface area contributed by atoms with Gasteiger partial charge in [-0.15, -0.1) is 0 Å². The van der Waals surface area contributed by atoms with Crippen LogP contribution in [0.4, 0.5) is 11.5 Å². The Morgan fingerprint density at radius 1 is 1.63 bits per heavy atom. The second-order valence-electron chi connectivity index (χ2n) is 4.48. The largest absolute Gasteiger partial charge is 0.465 e. The van der Waals surface area contributed by atoms with Crippen molar-refractivity contribution < 1.29 is 14.3 Å². The fourth-order valence-corrected chi connectivity index (χ4v) is 2.08. The van der Waals surface area contributed by atoms with Crippen LogP contribution < -0.4 is 11.1 Å². The molecule has 1 unspecified atom stereocenters. The first-order valence-corrected chi connectivity index (χ1v) is 6.40. The van der Waals surface area contributed by atoms with E-state index in [1.165, 1.54) is 19.7 Å². The van der Waals surface area contributed by atoms with Crippen molar-refractivity contribution in [3.05, 3.63) is 17.8 Å². The highest BCUT2D eigenvalue weighted by atomic mass is 16.5. The fourth-order valence-electron chi connectivity index (χ4n) is 2.08. The predicted molar refractivity (Wildman–Crippen MR) is 72.1 cm³/mol.